The monoisotopic (exact) mass is 410 g/mol. The molecule has 2 N–H and O–H groups in total. The maximum Gasteiger partial charge on any atom is 0.249 e. The maximum atomic E-state index is 12.7. The van der Waals surface area contributed by atoms with Gasteiger partial charge in [0, 0.05) is 30.0 Å². The van der Waals surface area contributed by atoms with Crippen molar-refractivity contribution in [3.05, 3.63) is 96.1 Å². The zero-order valence-corrected chi connectivity index (χ0v) is 17.4. The Labute approximate surface area is 182 Å². The largest absolute Gasteiger partial charge is 0.368 e. The molecule has 4 heteroatoms. The minimum absolute atomic E-state index is 0.0120. The summed E-state index contributed by atoms with van der Waals surface area (Å²) in [4.78, 5) is 16.4. The van der Waals surface area contributed by atoms with E-state index in [2.05, 4.69) is 77.0 Å². The summed E-state index contributed by atoms with van der Waals surface area (Å²) in [5.74, 6) is -0.00237. The Bertz CT molecular complexity index is 1160. The number of amides is 1. The normalized spacial score (nSPS) is 17.0. The average Bonchev–Trinajstić information content (AvgIpc) is 3.49. The van der Waals surface area contributed by atoms with Crippen LogP contribution in [0.1, 0.15) is 29.9 Å². The number of hydrogen-bond acceptors (Lipinski definition) is 2. The van der Waals surface area contributed by atoms with Gasteiger partial charge in [-0.3, -0.25) is 4.79 Å². The standard InChI is InChI=1S/C27H26N2O2/c30-27(24-16-9-17-31-24)28-18-22(19-10-3-1-4-11-19)25-21-14-7-8-15-23(21)29-26(25)20-12-5-2-6-13-20/h1-8,10-15,22,24,29H,9,16-18H2,(H,28,30)/t22-,24+/m0/s1. The number of hydrogen-bond donors (Lipinski definition) is 2. The molecule has 156 valence electrons. The van der Waals surface area contributed by atoms with Crippen LogP contribution >= 0.6 is 0 Å². The van der Waals surface area contributed by atoms with Gasteiger partial charge in [-0.15, -0.1) is 0 Å². The molecule has 1 amide bonds. The number of aromatic nitrogens is 1. The molecular weight excluding hydrogens is 384 g/mol. The van der Waals surface area contributed by atoms with Crippen LogP contribution in [0, 0.1) is 0 Å². The molecule has 0 saturated carbocycles. The van der Waals surface area contributed by atoms with E-state index < -0.39 is 0 Å². The third-order valence-electron chi connectivity index (χ3n) is 6.06. The van der Waals surface area contributed by atoms with Crippen LogP contribution in [0.5, 0.6) is 0 Å². The molecule has 4 aromatic rings. The van der Waals surface area contributed by atoms with E-state index in [-0.39, 0.29) is 17.9 Å². The minimum Gasteiger partial charge on any atom is -0.368 e. The molecule has 0 aliphatic carbocycles. The van der Waals surface area contributed by atoms with Gasteiger partial charge in [-0.05, 0) is 35.6 Å². The Kier molecular flexibility index (Phi) is 5.55. The van der Waals surface area contributed by atoms with Gasteiger partial charge in [0.1, 0.15) is 6.10 Å². The molecule has 3 aromatic carbocycles. The lowest BCUT2D eigenvalue weighted by molar-refractivity contribution is -0.130. The van der Waals surface area contributed by atoms with Gasteiger partial charge < -0.3 is 15.0 Å². The van der Waals surface area contributed by atoms with E-state index >= 15 is 0 Å². The van der Waals surface area contributed by atoms with Crippen LogP contribution in [0.15, 0.2) is 84.9 Å². The lowest BCUT2D eigenvalue weighted by Crippen LogP contribution is -2.37. The van der Waals surface area contributed by atoms with Crippen LogP contribution in [0.2, 0.25) is 0 Å². The molecule has 0 spiro atoms. The van der Waals surface area contributed by atoms with Crippen molar-refractivity contribution < 1.29 is 9.53 Å². The summed E-state index contributed by atoms with van der Waals surface area (Å²) < 4.78 is 5.59. The zero-order valence-electron chi connectivity index (χ0n) is 17.4. The summed E-state index contributed by atoms with van der Waals surface area (Å²) in [6, 6.07) is 29.2. The highest BCUT2D eigenvalue weighted by atomic mass is 16.5. The Morgan fingerprint density at radius 2 is 1.68 bits per heavy atom. The molecular formula is C27H26N2O2. The first kappa shape index (κ1) is 19.6. The predicted octanol–water partition coefficient (Wildman–Crippen LogP) is 5.26. The second-order valence-electron chi connectivity index (χ2n) is 8.04. The van der Waals surface area contributed by atoms with Crippen LogP contribution in [0.4, 0.5) is 0 Å². The average molecular weight is 411 g/mol. The molecule has 1 fully saturated rings. The summed E-state index contributed by atoms with van der Waals surface area (Å²) in [6.45, 7) is 1.19. The molecule has 31 heavy (non-hydrogen) atoms. The molecule has 5 rings (SSSR count). The molecule has 1 aliphatic heterocycles. The fourth-order valence-corrected chi connectivity index (χ4v) is 4.53. The van der Waals surface area contributed by atoms with Crippen LogP contribution in [-0.2, 0) is 9.53 Å². The van der Waals surface area contributed by atoms with Gasteiger partial charge >= 0.3 is 0 Å². The molecule has 4 nitrogen and oxygen atoms in total. The number of fused-ring (bicyclic) bond motifs is 1. The predicted molar refractivity (Wildman–Crippen MR) is 124 cm³/mol. The first-order valence-electron chi connectivity index (χ1n) is 10.9. The molecule has 0 radical (unpaired) electrons. The summed E-state index contributed by atoms with van der Waals surface area (Å²) in [5, 5.41) is 4.36. The van der Waals surface area contributed by atoms with E-state index in [0.29, 0.717) is 13.2 Å². The fourth-order valence-electron chi connectivity index (χ4n) is 4.53. The number of carbonyl (C=O) groups is 1. The van der Waals surface area contributed by atoms with E-state index in [0.717, 1.165) is 29.6 Å². The van der Waals surface area contributed by atoms with Crippen LogP contribution in [0.3, 0.4) is 0 Å². The van der Waals surface area contributed by atoms with E-state index in [4.69, 9.17) is 4.74 Å². The van der Waals surface area contributed by atoms with E-state index in [9.17, 15) is 4.79 Å². The summed E-state index contributed by atoms with van der Waals surface area (Å²) >= 11 is 0. The highest BCUT2D eigenvalue weighted by Gasteiger charge is 2.27. The van der Waals surface area contributed by atoms with Crippen LogP contribution in [0.25, 0.3) is 22.2 Å². The third-order valence-corrected chi connectivity index (χ3v) is 6.06. The molecule has 0 unspecified atom stereocenters. The quantitative estimate of drug-likeness (QED) is 0.455. The Morgan fingerprint density at radius 3 is 2.42 bits per heavy atom. The molecule has 0 bridgehead atoms. The SMILES string of the molecule is O=C(NC[C@@H](c1ccccc1)c1c(-c2ccccc2)[nH]c2ccccc12)[C@H]1CCCO1. The van der Waals surface area contributed by atoms with Crippen LogP contribution < -0.4 is 5.32 Å². The summed E-state index contributed by atoms with van der Waals surface area (Å²) in [6.07, 6.45) is 1.42. The van der Waals surface area contributed by atoms with Crippen molar-refractivity contribution in [1.29, 1.82) is 0 Å². The zero-order chi connectivity index (χ0) is 21.0. The van der Waals surface area contributed by atoms with Gasteiger partial charge in [-0.1, -0.05) is 78.9 Å². The van der Waals surface area contributed by atoms with Gasteiger partial charge in [0.25, 0.3) is 0 Å². The van der Waals surface area contributed by atoms with Crippen molar-refractivity contribution in [3.8, 4) is 11.3 Å². The van der Waals surface area contributed by atoms with Gasteiger partial charge in [0.15, 0.2) is 0 Å². The summed E-state index contributed by atoms with van der Waals surface area (Å²) in [7, 11) is 0. The number of benzene rings is 3. The third kappa shape index (κ3) is 3.99. The van der Waals surface area contributed by atoms with Crippen LogP contribution in [-0.4, -0.2) is 30.1 Å². The highest BCUT2D eigenvalue weighted by Crippen LogP contribution is 2.38. The Hall–Kier alpha value is -3.37. The number of carbonyl (C=O) groups excluding carboxylic acids is 1. The van der Waals surface area contributed by atoms with Crippen molar-refractivity contribution in [1.82, 2.24) is 10.3 Å². The number of ether oxygens (including phenoxy) is 1. The number of para-hydroxylation sites is 1. The lowest BCUT2D eigenvalue weighted by atomic mass is 9.87. The van der Waals surface area contributed by atoms with Crippen molar-refractivity contribution in [2.24, 2.45) is 0 Å². The van der Waals surface area contributed by atoms with Gasteiger partial charge in [-0.2, -0.15) is 0 Å². The van der Waals surface area contributed by atoms with Gasteiger partial charge in [-0.25, -0.2) is 0 Å². The second-order valence-corrected chi connectivity index (χ2v) is 8.04. The van der Waals surface area contributed by atoms with Gasteiger partial charge in [0.05, 0.1) is 5.69 Å². The van der Waals surface area contributed by atoms with E-state index in [1.807, 2.05) is 18.2 Å². The Balaban J connectivity index is 1.59. The number of H-pyrrole nitrogens is 1. The first-order chi connectivity index (χ1) is 15.3. The van der Waals surface area contributed by atoms with Crippen molar-refractivity contribution in [2.45, 2.75) is 24.9 Å². The number of aromatic amines is 1. The molecule has 1 aliphatic rings. The number of nitrogens with one attached hydrogen (secondary N) is 2. The lowest BCUT2D eigenvalue weighted by Gasteiger charge is -2.21. The van der Waals surface area contributed by atoms with Gasteiger partial charge in [0.2, 0.25) is 5.91 Å². The topological polar surface area (TPSA) is 54.1 Å². The first-order valence-corrected chi connectivity index (χ1v) is 10.9. The molecule has 2 heterocycles. The second kappa shape index (κ2) is 8.78. The molecule has 1 aromatic heterocycles. The molecule has 2 atom stereocenters. The fraction of sp³-hybridized carbons (Fsp3) is 0.222. The van der Waals surface area contributed by atoms with E-state index in [1.165, 1.54) is 16.5 Å². The van der Waals surface area contributed by atoms with Crippen molar-refractivity contribution in [3.63, 3.8) is 0 Å². The maximum absolute atomic E-state index is 12.7. The highest BCUT2D eigenvalue weighted by molar-refractivity contribution is 5.92. The molecule has 1 saturated heterocycles. The minimum atomic E-state index is -0.326. The van der Waals surface area contributed by atoms with Crippen molar-refractivity contribution in [2.75, 3.05) is 13.2 Å². The van der Waals surface area contributed by atoms with E-state index in [1.54, 1.807) is 0 Å². The summed E-state index contributed by atoms with van der Waals surface area (Å²) in [5.41, 5.74) is 5.72. The van der Waals surface area contributed by atoms with Crippen molar-refractivity contribution >= 4 is 16.8 Å². The smallest absolute Gasteiger partial charge is 0.249 e. The number of rotatable bonds is 6. The Morgan fingerprint density at radius 1 is 0.968 bits per heavy atom.